The van der Waals surface area contributed by atoms with E-state index in [0.29, 0.717) is 52.6 Å². The molecule has 27 heavy (non-hydrogen) atoms. The van der Waals surface area contributed by atoms with Gasteiger partial charge in [0.15, 0.2) is 0 Å². The van der Waals surface area contributed by atoms with E-state index in [-0.39, 0.29) is 0 Å². The molecule has 0 bridgehead atoms. The molecule has 0 atom stereocenters. The van der Waals surface area contributed by atoms with Crippen molar-refractivity contribution in [2.24, 2.45) is 0 Å². The summed E-state index contributed by atoms with van der Waals surface area (Å²) in [6, 6.07) is 3.08. The predicted octanol–water partition coefficient (Wildman–Crippen LogP) is 0.476. The molecule has 2 saturated heterocycles. The van der Waals surface area contributed by atoms with E-state index >= 15 is 0 Å². The van der Waals surface area contributed by atoms with Crippen LogP contribution in [0.4, 0.5) is 8.78 Å². The summed E-state index contributed by atoms with van der Waals surface area (Å²) in [4.78, 5) is 12.5. The highest BCUT2D eigenvalue weighted by Crippen LogP contribution is 2.33. The topological polar surface area (TPSA) is 95.2 Å². The lowest BCUT2D eigenvalue weighted by Crippen LogP contribution is -2.54. The first-order chi connectivity index (χ1) is 13.0. The molecule has 1 amide bonds. The lowest BCUT2D eigenvalue weighted by Gasteiger charge is -2.35. The number of nitrogens with zero attached hydrogens (tertiary/aromatic N) is 2. The summed E-state index contributed by atoms with van der Waals surface area (Å²) in [7, 11) is -3.81. The first kappa shape index (κ1) is 20.3. The predicted molar refractivity (Wildman–Crippen MR) is 92.5 cm³/mol. The van der Waals surface area contributed by atoms with Crippen molar-refractivity contribution < 1.29 is 27.6 Å². The van der Waals surface area contributed by atoms with Gasteiger partial charge in [-0.2, -0.15) is 10.4 Å². The lowest BCUT2D eigenvalue weighted by molar-refractivity contribution is 0.0178. The Morgan fingerprint density at radius 3 is 1.81 bits per heavy atom. The van der Waals surface area contributed by atoms with Crippen molar-refractivity contribution in [2.45, 2.75) is 0 Å². The zero-order valence-corrected chi connectivity index (χ0v) is 15.5. The third-order valence-electron chi connectivity index (χ3n) is 4.04. The summed E-state index contributed by atoms with van der Waals surface area (Å²) in [5, 5.41) is 11.0. The number of carbonyl (C=O) groups is 1. The summed E-state index contributed by atoms with van der Waals surface area (Å²) in [6.07, 6.45) is 0. The summed E-state index contributed by atoms with van der Waals surface area (Å²) in [5.41, 5.74) is -0.787. The first-order valence-electron chi connectivity index (χ1n) is 8.55. The van der Waals surface area contributed by atoms with Gasteiger partial charge in [-0.25, -0.2) is 18.8 Å². The molecule has 2 aliphatic rings. The van der Waals surface area contributed by atoms with Crippen LogP contribution in [0.25, 0.3) is 0 Å². The highest BCUT2D eigenvalue weighted by Gasteiger charge is 2.32. The fraction of sp³-hybridized carbons (Fsp3) is 0.533. The Labute approximate surface area is 155 Å². The van der Waals surface area contributed by atoms with Gasteiger partial charge >= 0.3 is 7.59 Å². The van der Waals surface area contributed by atoms with E-state index in [1.54, 1.807) is 10.0 Å². The van der Waals surface area contributed by atoms with Crippen molar-refractivity contribution >= 4 is 13.5 Å². The van der Waals surface area contributed by atoms with Crippen LogP contribution in [0.1, 0.15) is 10.4 Å². The standard InChI is InChI=1S/C15H22F2N5O4P/c16-12-2-1-3-13(17)14(12)15(23)18-27(24,19-21-4-8-25-9-5-21)20-22-6-10-26-11-7-22/h1-3H,4-11H2,(H3,18,19,20,23,24). The second-order valence-corrected chi connectivity index (χ2v) is 7.89. The van der Waals surface area contributed by atoms with Crippen molar-refractivity contribution in [1.29, 1.82) is 0 Å². The van der Waals surface area contributed by atoms with E-state index in [0.717, 1.165) is 18.2 Å². The molecule has 1 aromatic rings. The summed E-state index contributed by atoms with van der Waals surface area (Å²) in [6.45, 7) is 3.50. The number of nitrogens with one attached hydrogen (secondary N) is 3. The zero-order chi connectivity index (χ0) is 19.3. The van der Waals surface area contributed by atoms with Crippen LogP contribution < -0.4 is 15.5 Å². The van der Waals surface area contributed by atoms with Crippen molar-refractivity contribution in [3.63, 3.8) is 0 Å². The SMILES string of the molecule is O=C(NP(=O)(NN1CCOCC1)NN1CCOCC1)c1c(F)cccc1F. The number of ether oxygens (including phenoxy) is 2. The third kappa shape index (κ3) is 5.52. The van der Waals surface area contributed by atoms with E-state index < -0.39 is 30.7 Å². The fourth-order valence-corrected chi connectivity index (χ4v) is 4.45. The number of hydrazine groups is 2. The highest BCUT2D eigenvalue weighted by atomic mass is 31.2. The number of carbonyl (C=O) groups excluding carboxylic acids is 1. The number of amides is 1. The molecule has 0 saturated carbocycles. The average molecular weight is 405 g/mol. The Balaban J connectivity index is 1.77. The van der Waals surface area contributed by atoms with E-state index in [1.165, 1.54) is 0 Å². The molecule has 0 radical (unpaired) electrons. The van der Waals surface area contributed by atoms with Crippen LogP contribution in [-0.2, 0) is 14.0 Å². The molecule has 0 aromatic heterocycles. The summed E-state index contributed by atoms with van der Waals surface area (Å²) in [5.74, 6) is -3.18. The molecule has 2 heterocycles. The lowest BCUT2D eigenvalue weighted by atomic mass is 10.2. The normalized spacial score (nSPS) is 19.8. The number of halogens is 2. The number of hydrogen-bond donors (Lipinski definition) is 3. The van der Waals surface area contributed by atoms with Crippen molar-refractivity contribution in [1.82, 2.24) is 25.5 Å². The van der Waals surface area contributed by atoms with Crippen LogP contribution in [0.15, 0.2) is 18.2 Å². The third-order valence-corrected chi connectivity index (χ3v) is 5.68. The Morgan fingerprint density at radius 2 is 1.37 bits per heavy atom. The maximum absolute atomic E-state index is 13.9. The molecule has 0 aliphatic carbocycles. The molecule has 150 valence electrons. The number of hydrogen-bond acceptors (Lipinski definition) is 6. The summed E-state index contributed by atoms with van der Waals surface area (Å²) >= 11 is 0. The van der Waals surface area contributed by atoms with Crippen LogP contribution >= 0.6 is 7.59 Å². The molecule has 9 nitrogen and oxygen atoms in total. The molecular formula is C15H22F2N5O4P. The molecule has 0 spiro atoms. The van der Waals surface area contributed by atoms with Crippen LogP contribution in [0, 0.1) is 11.6 Å². The second kappa shape index (κ2) is 9.16. The molecular weight excluding hydrogens is 383 g/mol. The largest absolute Gasteiger partial charge is 0.379 e. The van der Waals surface area contributed by atoms with E-state index in [1.807, 2.05) is 0 Å². The molecule has 0 unspecified atom stereocenters. The van der Waals surface area contributed by atoms with Crippen molar-refractivity contribution in [3.05, 3.63) is 35.4 Å². The van der Waals surface area contributed by atoms with Gasteiger partial charge in [0, 0.05) is 26.2 Å². The van der Waals surface area contributed by atoms with E-state index in [4.69, 9.17) is 9.47 Å². The molecule has 3 N–H and O–H groups in total. The van der Waals surface area contributed by atoms with Crippen LogP contribution in [0.5, 0.6) is 0 Å². The Morgan fingerprint density at radius 1 is 0.926 bits per heavy atom. The molecule has 2 aliphatic heterocycles. The minimum atomic E-state index is -3.81. The van der Waals surface area contributed by atoms with Gasteiger partial charge in [-0.15, -0.1) is 0 Å². The Hall–Kier alpha value is -1.46. The summed E-state index contributed by atoms with van der Waals surface area (Å²) < 4.78 is 51.7. The second-order valence-electron chi connectivity index (χ2n) is 6.05. The van der Waals surface area contributed by atoms with Gasteiger partial charge in [0.2, 0.25) is 0 Å². The Bertz CT molecular complexity index is 669. The van der Waals surface area contributed by atoms with E-state index in [2.05, 4.69) is 15.5 Å². The van der Waals surface area contributed by atoms with Gasteiger partial charge in [0.1, 0.15) is 17.2 Å². The fourth-order valence-electron chi connectivity index (χ4n) is 2.71. The van der Waals surface area contributed by atoms with Gasteiger partial charge in [-0.3, -0.25) is 14.4 Å². The van der Waals surface area contributed by atoms with Crippen LogP contribution in [0.2, 0.25) is 0 Å². The minimum absolute atomic E-state index is 0.431. The van der Waals surface area contributed by atoms with Gasteiger partial charge in [-0.05, 0) is 12.1 Å². The van der Waals surface area contributed by atoms with Gasteiger partial charge in [-0.1, -0.05) is 6.07 Å². The quantitative estimate of drug-likeness (QED) is 0.589. The molecule has 2 fully saturated rings. The maximum atomic E-state index is 13.9. The molecule has 12 heteroatoms. The van der Waals surface area contributed by atoms with Gasteiger partial charge in [0.05, 0.1) is 26.4 Å². The number of rotatable bonds is 6. The van der Waals surface area contributed by atoms with Crippen molar-refractivity contribution in [2.75, 3.05) is 52.6 Å². The first-order valence-corrected chi connectivity index (χ1v) is 10.3. The van der Waals surface area contributed by atoms with Crippen LogP contribution in [0.3, 0.4) is 0 Å². The zero-order valence-electron chi connectivity index (χ0n) is 14.6. The minimum Gasteiger partial charge on any atom is -0.379 e. The van der Waals surface area contributed by atoms with E-state index in [9.17, 15) is 18.1 Å². The van der Waals surface area contributed by atoms with Gasteiger partial charge in [0.25, 0.3) is 5.91 Å². The number of morpholine rings is 2. The maximum Gasteiger partial charge on any atom is 0.332 e. The van der Waals surface area contributed by atoms with Crippen LogP contribution in [-0.4, -0.2) is 68.5 Å². The van der Waals surface area contributed by atoms with Gasteiger partial charge < -0.3 is 9.47 Å². The monoisotopic (exact) mass is 405 g/mol. The molecule has 3 rings (SSSR count). The average Bonchev–Trinajstić information content (AvgIpc) is 2.62. The number of benzene rings is 1. The Kier molecular flexibility index (Phi) is 6.88. The highest BCUT2D eigenvalue weighted by molar-refractivity contribution is 7.58. The van der Waals surface area contributed by atoms with Crippen molar-refractivity contribution in [3.8, 4) is 0 Å². The smallest absolute Gasteiger partial charge is 0.332 e. The molecule has 1 aromatic carbocycles.